The van der Waals surface area contributed by atoms with E-state index in [9.17, 15) is 4.79 Å². The van der Waals surface area contributed by atoms with Crippen molar-refractivity contribution < 1.29 is 4.79 Å². The molecular formula is C19H28N8O. The summed E-state index contributed by atoms with van der Waals surface area (Å²) >= 11 is 0. The first-order chi connectivity index (χ1) is 13.5. The largest absolute Gasteiger partial charge is 0.346 e. The van der Waals surface area contributed by atoms with E-state index in [0.29, 0.717) is 5.69 Å². The maximum Gasteiger partial charge on any atom is 0.271 e. The van der Waals surface area contributed by atoms with Crippen molar-refractivity contribution in [1.82, 2.24) is 39.8 Å². The highest BCUT2D eigenvalue weighted by molar-refractivity contribution is 5.92. The van der Waals surface area contributed by atoms with Crippen LogP contribution in [0.3, 0.4) is 0 Å². The number of nitrogens with zero attached hydrogens (tertiary/aromatic N) is 7. The molecule has 0 bridgehead atoms. The summed E-state index contributed by atoms with van der Waals surface area (Å²) in [6.07, 6.45) is 8.04. The smallest absolute Gasteiger partial charge is 0.271 e. The van der Waals surface area contributed by atoms with Gasteiger partial charge in [-0.3, -0.25) is 19.6 Å². The molecule has 2 aliphatic rings. The molecule has 1 N–H and O–H groups in total. The van der Waals surface area contributed by atoms with Crippen molar-refractivity contribution in [1.29, 1.82) is 0 Å². The van der Waals surface area contributed by atoms with Gasteiger partial charge in [0.15, 0.2) is 0 Å². The molecule has 2 aliphatic heterocycles. The second kappa shape index (κ2) is 7.56. The molecule has 9 heteroatoms. The van der Waals surface area contributed by atoms with Crippen LogP contribution >= 0.6 is 0 Å². The Morgan fingerprint density at radius 3 is 2.86 bits per heavy atom. The lowest BCUT2D eigenvalue weighted by molar-refractivity contribution is 0.0339. The summed E-state index contributed by atoms with van der Waals surface area (Å²) in [7, 11) is 4.14. The number of amides is 1. The molecule has 2 atom stereocenters. The third-order valence-electron chi connectivity index (χ3n) is 6.23. The molecular weight excluding hydrogens is 356 g/mol. The summed E-state index contributed by atoms with van der Waals surface area (Å²) in [5.74, 6) is 0.825. The van der Waals surface area contributed by atoms with Gasteiger partial charge in [0.05, 0.1) is 30.0 Å². The summed E-state index contributed by atoms with van der Waals surface area (Å²) < 4.78 is 1.97. The molecule has 28 heavy (non-hydrogen) atoms. The van der Waals surface area contributed by atoms with E-state index in [1.54, 1.807) is 18.7 Å². The Morgan fingerprint density at radius 2 is 2.14 bits per heavy atom. The van der Waals surface area contributed by atoms with Gasteiger partial charge < -0.3 is 9.88 Å². The number of aromatic nitrogens is 5. The highest BCUT2D eigenvalue weighted by Gasteiger charge is 2.49. The van der Waals surface area contributed by atoms with Crippen LogP contribution in [-0.2, 0) is 13.6 Å². The zero-order chi connectivity index (χ0) is 19.7. The second-order valence-corrected chi connectivity index (χ2v) is 8.06. The lowest BCUT2D eigenvalue weighted by atomic mass is 9.82. The van der Waals surface area contributed by atoms with Crippen molar-refractivity contribution >= 4 is 5.91 Å². The van der Waals surface area contributed by atoms with Gasteiger partial charge in [-0.2, -0.15) is 0 Å². The third kappa shape index (κ3) is 3.51. The van der Waals surface area contributed by atoms with Gasteiger partial charge in [-0.15, -0.1) is 10.2 Å². The van der Waals surface area contributed by atoms with Gasteiger partial charge in [-0.25, -0.2) is 4.98 Å². The number of nitrogens with one attached hydrogen (secondary N) is 1. The van der Waals surface area contributed by atoms with Gasteiger partial charge in [0, 0.05) is 26.3 Å². The van der Waals surface area contributed by atoms with E-state index in [0.717, 1.165) is 57.0 Å². The number of piperidine rings is 1. The van der Waals surface area contributed by atoms with Crippen molar-refractivity contribution in [2.45, 2.75) is 44.3 Å². The topological polar surface area (TPSA) is 92.1 Å². The standard InChI is InChI=1S/C19H28N8O/c1-14-9-21-15(10-20-14)18(28)23-16-5-8-26(3)19(16)6-4-7-27(12-19)11-17-24-22-13-25(17)2/h9-10,13,16H,4-8,11-12H2,1-3H3,(H,23,28). The van der Waals surface area contributed by atoms with Gasteiger partial charge in [-0.05, 0) is 39.8 Å². The normalized spacial score (nSPS) is 26.0. The first-order valence-electron chi connectivity index (χ1n) is 9.84. The Hall–Kier alpha value is -2.39. The summed E-state index contributed by atoms with van der Waals surface area (Å²) in [6, 6.07) is 0.0930. The number of likely N-dealkylation sites (tertiary alicyclic amines) is 2. The van der Waals surface area contributed by atoms with Gasteiger partial charge in [0.2, 0.25) is 0 Å². The van der Waals surface area contributed by atoms with Crippen LogP contribution in [0.25, 0.3) is 0 Å². The van der Waals surface area contributed by atoms with Crippen LogP contribution in [0.15, 0.2) is 18.7 Å². The lowest BCUT2D eigenvalue weighted by Gasteiger charge is -2.47. The summed E-state index contributed by atoms with van der Waals surface area (Å²) in [4.78, 5) is 26.0. The molecule has 0 aromatic carbocycles. The number of likely N-dealkylation sites (N-methyl/N-ethyl adjacent to an activating group) is 1. The van der Waals surface area contributed by atoms with Crippen LogP contribution in [0.4, 0.5) is 0 Å². The van der Waals surface area contributed by atoms with Gasteiger partial charge in [0.1, 0.15) is 17.8 Å². The molecule has 0 saturated carbocycles. The Kier molecular flexibility index (Phi) is 5.11. The van der Waals surface area contributed by atoms with Gasteiger partial charge in [-0.1, -0.05) is 0 Å². The first kappa shape index (κ1) is 18.9. The third-order valence-corrected chi connectivity index (χ3v) is 6.23. The Bertz CT molecular complexity index is 835. The molecule has 0 radical (unpaired) electrons. The quantitative estimate of drug-likeness (QED) is 0.815. The number of hydrogen-bond donors (Lipinski definition) is 1. The SMILES string of the molecule is Cc1cnc(C(=O)NC2CCN(C)C23CCCN(Cc2nncn2C)C3)cn1. The molecule has 2 unspecified atom stereocenters. The molecule has 2 fully saturated rings. The van der Waals surface area contributed by atoms with E-state index >= 15 is 0 Å². The van der Waals surface area contributed by atoms with Crippen LogP contribution in [-0.4, -0.2) is 78.7 Å². The van der Waals surface area contributed by atoms with Crippen LogP contribution < -0.4 is 5.32 Å². The average molecular weight is 384 g/mol. The monoisotopic (exact) mass is 384 g/mol. The first-order valence-corrected chi connectivity index (χ1v) is 9.84. The molecule has 2 saturated heterocycles. The maximum absolute atomic E-state index is 12.8. The highest BCUT2D eigenvalue weighted by Crippen LogP contribution is 2.37. The minimum atomic E-state index is -0.141. The van der Waals surface area contributed by atoms with E-state index < -0.39 is 0 Å². The molecule has 1 spiro atoms. The van der Waals surface area contributed by atoms with E-state index in [-0.39, 0.29) is 17.5 Å². The van der Waals surface area contributed by atoms with E-state index in [4.69, 9.17) is 0 Å². The van der Waals surface area contributed by atoms with Crippen LogP contribution in [0.1, 0.15) is 41.3 Å². The molecule has 2 aromatic rings. The summed E-state index contributed by atoms with van der Waals surface area (Å²) in [5, 5.41) is 11.5. The Balaban J connectivity index is 1.49. The molecule has 9 nitrogen and oxygen atoms in total. The number of hydrogen-bond acceptors (Lipinski definition) is 7. The maximum atomic E-state index is 12.8. The number of aryl methyl sites for hydroxylation is 2. The number of carbonyl (C=O) groups is 1. The van der Waals surface area contributed by atoms with Crippen LogP contribution in [0.2, 0.25) is 0 Å². The molecule has 4 rings (SSSR count). The molecule has 4 heterocycles. The predicted molar refractivity (Wildman–Crippen MR) is 104 cm³/mol. The Labute approximate surface area is 165 Å². The number of rotatable bonds is 4. The van der Waals surface area contributed by atoms with Crippen LogP contribution in [0.5, 0.6) is 0 Å². The van der Waals surface area contributed by atoms with Crippen molar-refractivity contribution in [3.8, 4) is 0 Å². The highest BCUT2D eigenvalue weighted by atomic mass is 16.2. The van der Waals surface area contributed by atoms with E-state index in [1.807, 2.05) is 18.5 Å². The van der Waals surface area contributed by atoms with E-state index in [1.165, 1.54) is 0 Å². The molecule has 0 aliphatic carbocycles. The van der Waals surface area contributed by atoms with Gasteiger partial charge >= 0.3 is 0 Å². The fourth-order valence-electron chi connectivity index (χ4n) is 4.56. The van der Waals surface area contributed by atoms with E-state index in [2.05, 4.69) is 42.3 Å². The minimum Gasteiger partial charge on any atom is -0.346 e. The molecule has 1 amide bonds. The zero-order valence-electron chi connectivity index (χ0n) is 16.8. The van der Waals surface area contributed by atoms with Crippen molar-refractivity contribution in [3.63, 3.8) is 0 Å². The summed E-state index contributed by atoms with van der Waals surface area (Å²) in [5.41, 5.74) is 1.12. The molecule has 2 aromatic heterocycles. The summed E-state index contributed by atoms with van der Waals surface area (Å²) in [6.45, 7) is 5.55. The zero-order valence-corrected chi connectivity index (χ0v) is 16.8. The minimum absolute atomic E-state index is 0.0649. The Morgan fingerprint density at radius 1 is 1.29 bits per heavy atom. The lowest BCUT2D eigenvalue weighted by Crippen LogP contribution is -2.63. The van der Waals surface area contributed by atoms with Crippen LogP contribution in [0, 0.1) is 6.92 Å². The van der Waals surface area contributed by atoms with Crippen molar-refractivity contribution in [2.24, 2.45) is 7.05 Å². The fraction of sp³-hybridized carbons (Fsp3) is 0.632. The van der Waals surface area contributed by atoms with Crippen molar-refractivity contribution in [2.75, 3.05) is 26.7 Å². The molecule has 150 valence electrons. The number of carbonyl (C=O) groups excluding carboxylic acids is 1. The fourth-order valence-corrected chi connectivity index (χ4v) is 4.56. The van der Waals surface area contributed by atoms with Crippen molar-refractivity contribution in [3.05, 3.63) is 35.9 Å². The predicted octanol–water partition coefficient (Wildman–Crippen LogP) is 0.382. The second-order valence-electron chi connectivity index (χ2n) is 8.06. The van der Waals surface area contributed by atoms with Gasteiger partial charge in [0.25, 0.3) is 5.91 Å². The average Bonchev–Trinajstić information content (AvgIpc) is 3.21.